The molecule has 0 saturated heterocycles. The van der Waals surface area contributed by atoms with E-state index in [0.717, 1.165) is 5.56 Å². The first-order valence-electron chi connectivity index (χ1n) is 8.28. The summed E-state index contributed by atoms with van der Waals surface area (Å²) in [7, 11) is 0. The van der Waals surface area contributed by atoms with Crippen molar-refractivity contribution in [3.05, 3.63) is 58.6 Å². The van der Waals surface area contributed by atoms with E-state index in [0.29, 0.717) is 22.0 Å². The van der Waals surface area contributed by atoms with Gasteiger partial charge in [0.2, 0.25) is 0 Å². The normalized spacial score (nSPS) is 17.2. The number of benzene rings is 2. The van der Waals surface area contributed by atoms with Gasteiger partial charge in [-0.05, 0) is 51.1 Å². The number of ether oxygens (including phenoxy) is 1. The van der Waals surface area contributed by atoms with Gasteiger partial charge in [0.25, 0.3) is 11.8 Å². The van der Waals surface area contributed by atoms with E-state index >= 15 is 0 Å². The molecule has 0 spiro atoms. The maximum Gasteiger partial charge on any atom is 0.279 e. The van der Waals surface area contributed by atoms with Crippen LogP contribution in [-0.2, 0) is 4.79 Å². The van der Waals surface area contributed by atoms with Crippen molar-refractivity contribution in [3.63, 3.8) is 0 Å². The molecule has 7 heteroatoms. The van der Waals surface area contributed by atoms with Crippen molar-refractivity contribution < 1.29 is 14.3 Å². The van der Waals surface area contributed by atoms with Crippen molar-refractivity contribution in [3.8, 4) is 5.75 Å². The van der Waals surface area contributed by atoms with Crippen LogP contribution < -0.4 is 15.5 Å². The molecule has 2 N–H and O–H groups in total. The zero-order chi connectivity index (χ0) is 18.8. The number of carbonyl (C=O) groups excluding carboxylic acids is 2. The van der Waals surface area contributed by atoms with Crippen molar-refractivity contribution >= 4 is 29.1 Å². The van der Waals surface area contributed by atoms with Crippen LogP contribution in [0.1, 0.15) is 29.8 Å². The molecule has 0 fully saturated rings. The van der Waals surface area contributed by atoms with E-state index in [4.69, 9.17) is 16.3 Å². The zero-order valence-corrected chi connectivity index (χ0v) is 15.5. The Kier molecular flexibility index (Phi) is 5.04. The lowest BCUT2D eigenvalue weighted by atomic mass is 10.1. The predicted molar refractivity (Wildman–Crippen MR) is 100 cm³/mol. The number of fused-ring (bicyclic) bond motifs is 1. The summed E-state index contributed by atoms with van der Waals surface area (Å²) in [5.74, 6) is -0.158. The minimum absolute atomic E-state index is 0.329. The number of rotatable bonds is 4. The van der Waals surface area contributed by atoms with Gasteiger partial charge in [-0.15, -0.1) is 0 Å². The number of hydrogen-bond donors (Lipinski definition) is 2. The lowest BCUT2D eigenvalue weighted by Crippen LogP contribution is -2.58. The Bertz CT molecular complexity index is 838. The maximum atomic E-state index is 12.7. The largest absolute Gasteiger partial charge is 0.481 e. The van der Waals surface area contributed by atoms with Crippen LogP contribution in [0.15, 0.2) is 42.5 Å². The number of nitrogens with zero attached hydrogens (tertiary/aromatic N) is 1. The molecule has 1 heterocycles. The third kappa shape index (κ3) is 3.75. The minimum Gasteiger partial charge on any atom is -0.481 e. The lowest BCUT2D eigenvalue weighted by Gasteiger charge is -2.36. The number of nitrogens with one attached hydrogen (secondary N) is 2. The van der Waals surface area contributed by atoms with Gasteiger partial charge in [0.05, 0.1) is 5.56 Å². The Balaban J connectivity index is 1.70. The molecule has 2 aromatic rings. The smallest absolute Gasteiger partial charge is 0.279 e. The molecule has 1 aliphatic heterocycles. The third-order valence-corrected chi connectivity index (χ3v) is 4.35. The fraction of sp³-hybridized carbons (Fsp3) is 0.263. The summed E-state index contributed by atoms with van der Waals surface area (Å²) in [4.78, 5) is 25.2. The highest BCUT2D eigenvalue weighted by Crippen LogP contribution is 2.27. The van der Waals surface area contributed by atoms with Crippen LogP contribution in [0.5, 0.6) is 5.75 Å². The molecule has 0 saturated carbocycles. The summed E-state index contributed by atoms with van der Waals surface area (Å²) >= 11 is 5.98. The van der Waals surface area contributed by atoms with Crippen LogP contribution in [0.2, 0.25) is 5.02 Å². The molecule has 0 aromatic heterocycles. The SMILES string of the molecule is Cc1ccc(OC(C)C(=O)NN2C(=O)c3cc(Cl)ccc3NC2C)cc1. The third-order valence-electron chi connectivity index (χ3n) is 4.12. The standard InChI is InChI=1S/C19H20ClN3O3/c1-11-4-7-15(8-5-11)26-12(2)18(24)22-23-13(3)21-17-9-6-14(20)10-16(17)19(23)25/h4-10,12-13,21H,1-3H3,(H,22,24). The topological polar surface area (TPSA) is 70.7 Å². The first-order valence-corrected chi connectivity index (χ1v) is 8.66. The van der Waals surface area contributed by atoms with E-state index in [1.165, 1.54) is 5.01 Å². The summed E-state index contributed by atoms with van der Waals surface area (Å²) in [6.45, 7) is 5.38. The van der Waals surface area contributed by atoms with E-state index in [-0.39, 0.29) is 5.91 Å². The van der Waals surface area contributed by atoms with Gasteiger partial charge < -0.3 is 10.1 Å². The van der Waals surface area contributed by atoms with Gasteiger partial charge in [-0.25, -0.2) is 5.01 Å². The van der Waals surface area contributed by atoms with E-state index in [2.05, 4.69) is 10.7 Å². The number of hydrogen-bond acceptors (Lipinski definition) is 4. The summed E-state index contributed by atoms with van der Waals surface area (Å²) < 4.78 is 5.64. The molecule has 2 unspecified atom stereocenters. The maximum absolute atomic E-state index is 12.7. The molecule has 26 heavy (non-hydrogen) atoms. The summed E-state index contributed by atoms with van der Waals surface area (Å²) in [6.07, 6.45) is -1.18. The van der Waals surface area contributed by atoms with Gasteiger partial charge in [-0.2, -0.15) is 0 Å². The highest BCUT2D eigenvalue weighted by Gasteiger charge is 2.32. The quantitative estimate of drug-likeness (QED) is 0.862. The molecule has 0 bridgehead atoms. The Morgan fingerprint density at radius 2 is 1.96 bits per heavy atom. The van der Waals surface area contributed by atoms with E-state index in [1.807, 2.05) is 19.1 Å². The van der Waals surface area contributed by atoms with Crippen LogP contribution in [0, 0.1) is 6.92 Å². The van der Waals surface area contributed by atoms with Gasteiger partial charge >= 0.3 is 0 Å². The average Bonchev–Trinajstić information content (AvgIpc) is 2.61. The Labute approximate surface area is 157 Å². The molecule has 0 radical (unpaired) electrons. The summed E-state index contributed by atoms with van der Waals surface area (Å²) in [5, 5.41) is 4.86. The van der Waals surface area contributed by atoms with Gasteiger partial charge in [0, 0.05) is 10.7 Å². The Hall–Kier alpha value is -2.73. The van der Waals surface area contributed by atoms with Crippen molar-refractivity contribution in [1.82, 2.24) is 10.4 Å². The van der Waals surface area contributed by atoms with Gasteiger partial charge in [0.1, 0.15) is 11.9 Å². The van der Waals surface area contributed by atoms with E-state index in [9.17, 15) is 9.59 Å². The second-order valence-electron chi connectivity index (χ2n) is 6.23. The Morgan fingerprint density at radius 3 is 2.65 bits per heavy atom. The zero-order valence-electron chi connectivity index (χ0n) is 14.7. The van der Waals surface area contributed by atoms with E-state index < -0.39 is 18.2 Å². The fourth-order valence-corrected chi connectivity index (χ4v) is 2.82. The number of amides is 2. The molecule has 1 aliphatic rings. The van der Waals surface area contributed by atoms with Crippen LogP contribution in [0.25, 0.3) is 0 Å². The number of aryl methyl sites for hydroxylation is 1. The monoisotopic (exact) mass is 373 g/mol. The number of hydrazine groups is 1. The van der Waals surface area contributed by atoms with Crippen LogP contribution in [0.4, 0.5) is 5.69 Å². The number of halogens is 1. The van der Waals surface area contributed by atoms with Gasteiger partial charge in [-0.1, -0.05) is 29.3 Å². The molecule has 136 valence electrons. The van der Waals surface area contributed by atoms with Gasteiger partial charge in [0.15, 0.2) is 6.10 Å². The van der Waals surface area contributed by atoms with E-state index in [1.54, 1.807) is 44.2 Å². The fourth-order valence-electron chi connectivity index (χ4n) is 2.65. The molecule has 2 amide bonds. The van der Waals surface area contributed by atoms with Crippen molar-refractivity contribution in [1.29, 1.82) is 0 Å². The second-order valence-corrected chi connectivity index (χ2v) is 6.67. The highest BCUT2D eigenvalue weighted by molar-refractivity contribution is 6.31. The van der Waals surface area contributed by atoms with Crippen LogP contribution in [0.3, 0.4) is 0 Å². The second kappa shape index (κ2) is 7.25. The van der Waals surface area contributed by atoms with Crippen molar-refractivity contribution in [2.24, 2.45) is 0 Å². The van der Waals surface area contributed by atoms with Crippen LogP contribution in [-0.4, -0.2) is 29.1 Å². The molecule has 2 aromatic carbocycles. The number of carbonyl (C=O) groups is 2. The highest BCUT2D eigenvalue weighted by atomic mass is 35.5. The molecule has 6 nitrogen and oxygen atoms in total. The lowest BCUT2D eigenvalue weighted by molar-refractivity contribution is -0.131. The summed E-state index contributed by atoms with van der Waals surface area (Å²) in [6, 6.07) is 12.4. The van der Waals surface area contributed by atoms with Crippen LogP contribution >= 0.6 is 11.6 Å². The van der Waals surface area contributed by atoms with Crippen molar-refractivity contribution in [2.45, 2.75) is 33.0 Å². The molecule has 2 atom stereocenters. The average molecular weight is 374 g/mol. The first-order chi connectivity index (χ1) is 12.3. The van der Waals surface area contributed by atoms with Gasteiger partial charge in [-0.3, -0.25) is 15.0 Å². The van der Waals surface area contributed by atoms with Crippen molar-refractivity contribution in [2.75, 3.05) is 5.32 Å². The molecular formula is C19H20ClN3O3. The summed E-state index contributed by atoms with van der Waals surface area (Å²) in [5.41, 5.74) is 4.81. The minimum atomic E-state index is -0.765. The molecule has 0 aliphatic carbocycles. The molecule has 3 rings (SSSR count). The predicted octanol–water partition coefficient (Wildman–Crippen LogP) is 3.36. The molecular weight excluding hydrogens is 354 g/mol. The number of anilines is 1. The Morgan fingerprint density at radius 1 is 1.27 bits per heavy atom. The first kappa shape index (κ1) is 18.1.